The van der Waals surface area contributed by atoms with Crippen LogP contribution in [0.4, 0.5) is 5.69 Å². The molecule has 3 fully saturated rings. The third kappa shape index (κ3) is 1.21. The summed E-state index contributed by atoms with van der Waals surface area (Å²) in [4.78, 5) is 4.52. The van der Waals surface area contributed by atoms with Crippen molar-refractivity contribution < 1.29 is 0 Å². The van der Waals surface area contributed by atoms with Crippen molar-refractivity contribution in [3.8, 4) is 0 Å². The third-order valence-corrected chi connectivity index (χ3v) is 7.75. The largest absolute Gasteiger partial charge is 0.358 e. The molecule has 3 aliphatic carbocycles. The molecule has 1 aromatic carbocycles. The molecule has 1 saturated carbocycles. The molecule has 1 nitrogen and oxygen atoms in total. The summed E-state index contributed by atoms with van der Waals surface area (Å²) >= 11 is 2.02. The minimum absolute atomic E-state index is 0.279. The van der Waals surface area contributed by atoms with Crippen LogP contribution >= 0.6 is 11.3 Å². The summed E-state index contributed by atoms with van der Waals surface area (Å²) in [6.45, 7) is 4.74. The van der Waals surface area contributed by atoms with Gasteiger partial charge in [0.05, 0.1) is 5.54 Å². The molecule has 0 amide bonds. The van der Waals surface area contributed by atoms with Crippen LogP contribution < -0.4 is 4.90 Å². The number of benzene rings is 1. The molecule has 2 aromatic rings. The Morgan fingerprint density at radius 3 is 2.62 bits per heavy atom. The highest BCUT2D eigenvalue weighted by Gasteiger charge is 2.65. The van der Waals surface area contributed by atoms with E-state index in [0.29, 0.717) is 11.5 Å². The molecule has 0 radical (unpaired) electrons. The van der Waals surface area contributed by atoms with E-state index in [1.807, 2.05) is 11.3 Å². The normalized spacial score (nSPS) is 36.1. The fourth-order valence-corrected chi connectivity index (χ4v) is 6.87. The van der Waals surface area contributed by atoms with Gasteiger partial charge in [-0.2, -0.15) is 0 Å². The van der Waals surface area contributed by atoms with Gasteiger partial charge in [-0.25, -0.2) is 0 Å². The monoisotopic (exact) mass is 295 g/mol. The lowest BCUT2D eigenvalue weighted by Crippen LogP contribution is -2.71. The maximum atomic E-state index is 2.80. The predicted octanol–water partition coefficient (Wildman–Crippen LogP) is 4.99. The van der Waals surface area contributed by atoms with Crippen LogP contribution in [-0.2, 0) is 11.0 Å². The Balaban J connectivity index is 1.80. The molecule has 1 atom stereocenters. The van der Waals surface area contributed by atoms with Crippen molar-refractivity contribution in [1.82, 2.24) is 0 Å². The van der Waals surface area contributed by atoms with Crippen LogP contribution in [0.3, 0.4) is 0 Å². The van der Waals surface area contributed by atoms with Gasteiger partial charge in [0.25, 0.3) is 0 Å². The van der Waals surface area contributed by atoms with Gasteiger partial charge < -0.3 is 4.90 Å². The topological polar surface area (TPSA) is 3.24 Å². The van der Waals surface area contributed by atoms with Crippen LogP contribution in [0.25, 0.3) is 0 Å². The second-order valence-electron chi connectivity index (χ2n) is 7.18. The van der Waals surface area contributed by atoms with E-state index in [0.717, 1.165) is 0 Å². The van der Waals surface area contributed by atoms with E-state index in [-0.39, 0.29) is 5.54 Å². The first kappa shape index (κ1) is 12.3. The lowest BCUT2D eigenvalue weighted by molar-refractivity contribution is 0.0595. The smallest absolute Gasteiger partial charge is 0.0668 e. The van der Waals surface area contributed by atoms with Crippen molar-refractivity contribution in [2.24, 2.45) is 0 Å². The van der Waals surface area contributed by atoms with Gasteiger partial charge in [0, 0.05) is 22.0 Å². The second-order valence-corrected chi connectivity index (χ2v) is 8.10. The molecular weight excluding hydrogens is 274 g/mol. The molecule has 6 aliphatic rings. The number of nitrogens with zero attached hydrogens (tertiary/aromatic N) is 1. The van der Waals surface area contributed by atoms with Crippen molar-refractivity contribution in [2.75, 3.05) is 4.90 Å². The van der Waals surface area contributed by atoms with Gasteiger partial charge in [-0.05, 0) is 68.2 Å². The fourth-order valence-electron chi connectivity index (χ4n) is 5.54. The van der Waals surface area contributed by atoms with E-state index in [9.17, 15) is 0 Å². The number of aryl methyl sites for hydroxylation is 1. The van der Waals surface area contributed by atoms with Crippen molar-refractivity contribution in [3.63, 3.8) is 0 Å². The predicted molar refractivity (Wildman–Crippen MR) is 89.3 cm³/mol. The van der Waals surface area contributed by atoms with Crippen LogP contribution in [0, 0.1) is 6.92 Å². The molecule has 8 rings (SSSR count). The van der Waals surface area contributed by atoms with E-state index in [2.05, 4.69) is 54.5 Å². The summed E-state index contributed by atoms with van der Waals surface area (Å²) in [6.07, 6.45) is 5.47. The number of rotatable bonds is 1. The molecule has 0 N–H and O–H groups in total. The Morgan fingerprint density at radius 1 is 1.10 bits per heavy atom. The maximum absolute atomic E-state index is 2.80. The van der Waals surface area contributed by atoms with E-state index >= 15 is 0 Å². The van der Waals surface area contributed by atoms with E-state index in [4.69, 9.17) is 0 Å². The summed E-state index contributed by atoms with van der Waals surface area (Å²) < 4.78 is 0. The molecule has 4 heterocycles. The van der Waals surface area contributed by atoms with Crippen molar-refractivity contribution in [1.29, 1.82) is 0 Å². The number of thiophene rings is 1. The lowest BCUT2D eigenvalue weighted by atomic mass is 9.49. The van der Waals surface area contributed by atoms with Crippen LogP contribution in [0.15, 0.2) is 35.7 Å². The first-order chi connectivity index (χ1) is 10.2. The molecule has 108 valence electrons. The Hall–Kier alpha value is -1.28. The van der Waals surface area contributed by atoms with Gasteiger partial charge in [-0.3, -0.25) is 0 Å². The summed E-state index contributed by atoms with van der Waals surface area (Å²) in [5, 5.41) is 2.33. The Kier molecular flexibility index (Phi) is 2.18. The van der Waals surface area contributed by atoms with Crippen molar-refractivity contribution in [2.45, 2.75) is 56.5 Å². The molecular formula is C19H21NS. The number of para-hydroxylation sites is 1. The van der Waals surface area contributed by atoms with Crippen LogP contribution in [-0.4, -0.2) is 6.04 Å². The average Bonchev–Trinajstić information content (AvgIpc) is 3.02. The number of piperidine rings is 2. The number of anilines is 1. The third-order valence-electron chi connectivity index (χ3n) is 6.61. The summed E-state index contributed by atoms with van der Waals surface area (Å²) in [5.41, 5.74) is 5.24. The highest BCUT2D eigenvalue weighted by Crippen LogP contribution is 2.67. The molecule has 3 aliphatic heterocycles. The molecule has 2 saturated heterocycles. The van der Waals surface area contributed by atoms with Gasteiger partial charge in [0.2, 0.25) is 0 Å². The highest BCUT2D eigenvalue weighted by atomic mass is 32.1. The molecule has 0 spiro atoms. The molecule has 1 aromatic heterocycles. The Bertz CT molecular complexity index is 721. The molecule has 2 heteroatoms. The first-order valence-corrected chi connectivity index (χ1v) is 9.00. The fraction of sp³-hybridized carbons (Fsp3) is 0.474. The minimum Gasteiger partial charge on any atom is -0.358 e. The lowest BCUT2D eigenvalue weighted by Gasteiger charge is -2.69. The Labute approximate surface area is 130 Å². The summed E-state index contributed by atoms with van der Waals surface area (Å²) in [7, 11) is 0. The van der Waals surface area contributed by atoms with Crippen LogP contribution in [0.1, 0.15) is 48.6 Å². The van der Waals surface area contributed by atoms with Gasteiger partial charge in [0.1, 0.15) is 0 Å². The zero-order chi connectivity index (χ0) is 14.2. The summed E-state index contributed by atoms with van der Waals surface area (Å²) in [6, 6.07) is 12.0. The van der Waals surface area contributed by atoms with Gasteiger partial charge >= 0.3 is 0 Å². The standard InChI is InChI=1S/C19H21NS/c1-13-5-3-4-6-16(13)20-14(2)18-8-10-19(20,11-9-18)15-7-12-21-17(15)18/h3-7,12,14H,8-11H2,1-2H3. The number of hydrogen-bond acceptors (Lipinski definition) is 2. The van der Waals surface area contributed by atoms with Crippen LogP contribution in [0.2, 0.25) is 0 Å². The second kappa shape index (κ2) is 3.73. The van der Waals surface area contributed by atoms with Crippen LogP contribution in [0.5, 0.6) is 0 Å². The van der Waals surface area contributed by atoms with Crippen molar-refractivity contribution in [3.05, 3.63) is 51.7 Å². The summed E-state index contributed by atoms with van der Waals surface area (Å²) in [5.74, 6) is 0. The quantitative estimate of drug-likeness (QED) is 0.716. The van der Waals surface area contributed by atoms with E-state index < -0.39 is 0 Å². The maximum Gasteiger partial charge on any atom is 0.0668 e. The molecule has 2 bridgehead atoms. The molecule has 21 heavy (non-hydrogen) atoms. The average molecular weight is 295 g/mol. The van der Waals surface area contributed by atoms with Crippen molar-refractivity contribution >= 4 is 17.0 Å². The first-order valence-electron chi connectivity index (χ1n) is 8.12. The number of hydrogen-bond donors (Lipinski definition) is 0. The zero-order valence-corrected chi connectivity index (χ0v) is 13.5. The minimum atomic E-state index is 0.279. The zero-order valence-electron chi connectivity index (χ0n) is 12.7. The van der Waals surface area contributed by atoms with E-state index in [1.165, 1.54) is 36.9 Å². The molecule has 1 unspecified atom stereocenters. The van der Waals surface area contributed by atoms with E-state index in [1.54, 1.807) is 10.4 Å². The Morgan fingerprint density at radius 2 is 1.86 bits per heavy atom. The van der Waals surface area contributed by atoms with Gasteiger partial charge in [-0.15, -0.1) is 11.3 Å². The van der Waals surface area contributed by atoms with Gasteiger partial charge in [0.15, 0.2) is 0 Å². The highest BCUT2D eigenvalue weighted by molar-refractivity contribution is 7.10. The van der Waals surface area contributed by atoms with Gasteiger partial charge in [-0.1, -0.05) is 18.2 Å². The SMILES string of the molecule is Cc1ccccc1N1C(C)C23CCC1(CC2)c1ccsc13.